The van der Waals surface area contributed by atoms with Crippen molar-refractivity contribution in [1.29, 1.82) is 0 Å². The first kappa shape index (κ1) is 42.8. The molecule has 0 fully saturated rings. The van der Waals surface area contributed by atoms with Crippen LogP contribution in [0.4, 0.5) is 0 Å². The zero-order valence-corrected chi connectivity index (χ0v) is 15.1. The van der Waals surface area contributed by atoms with Crippen LogP contribution in [0, 0.1) is 0 Å². The summed E-state index contributed by atoms with van der Waals surface area (Å²) in [5, 5.41) is 0. The Balaban J connectivity index is -0.0000000192. The predicted octanol–water partition coefficient (Wildman–Crippen LogP) is -5.91. The third-order valence-electron chi connectivity index (χ3n) is 0. The van der Waals surface area contributed by atoms with E-state index in [0.29, 0.717) is 0 Å². The average Bonchev–Trinajstić information content (AvgIpc) is 1.76. The summed E-state index contributed by atoms with van der Waals surface area (Å²) in [7, 11) is -13.5. The van der Waals surface area contributed by atoms with E-state index in [1.807, 2.05) is 0 Å². The molecule has 0 saturated carbocycles. The van der Waals surface area contributed by atoms with Gasteiger partial charge in [-0.1, -0.05) is 25.7 Å². The van der Waals surface area contributed by atoms with E-state index in [1.165, 1.54) is 0 Å². The van der Waals surface area contributed by atoms with Crippen LogP contribution in [-0.4, -0.2) is 0 Å². The van der Waals surface area contributed by atoms with E-state index in [4.69, 9.17) is 57.4 Å². The second kappa shape index (κ2) is 36.6. The van der Waals surface area contributed by atoms with E-state index >= 15 is 0 Å². The van der Waals surface area contributed by atoms with E-state index in [2.05, 4.69) is 0 Å². The number of hydrogen-bond donors (Lipinski definition) is 0. The molecule has 0 aromatic rings. The van der Waals surface area contributed by atoms with Gasteiger partial charge in [0.15, 0.2) is 0 Å². The fourth-order valence-electron chi connectivity index (χ4n) is 0. The van der Waals surface area contributed by atoms with E-state index < -0.39 is 33.0 Å². The summed E-state index contributed by atoms with van der Waals surface area (Å²) in [6.45, 7) is 0. The Morgan fingerprint density at radius 3 is 0.421 bits per heavy atom. The van der Waals surface area contributed by atoms with Gasteiger partial charge in [-0.25, -0.2) is 0 Å². The molecule has 0 N–H and O–H groups in total. The molecular weight excluding hydrogens is 520 g/mol. The summed E-state index contributed by atoms with van der Waals surface area (Å²) in [6, 6.07) is 0. The molecule has 108 valence electrons. The molecule has 18 heteroatoms. The van der Waals surface area contributed by atoms with Gasteiger partial charge in [0.1, 0.15) is 0 Å². The Kier molecular flexibility index (Phi) is 82.4. The summed E-state index contributed by atoms with van der Waals surface area (Å²) in [4.78, 5) is 67.9. The molecule has 0 heterocycles. The first-order valence-corrected chi connectivity index (χ1v) is 6.57. The van der Waals surface area contributed by atoms with Crippen molar-refractivity contribution in [2.24, 2.45) is 0 Å². The van der Waals surface area contributed by atoms with Crippen molar-refractivity contribution >= 4 is 33.0 Å². The second-order valence-electron chi connectivity index (χ2n) is 0.894. The Morgan fingerprint density at radius 2 is 0.421 bits per heavy atom. The van der Waals surface area contributed by atoms with Crippen LogP contribution in [0.1, 0.15) is 7.43 Å². The minimum atomic E-state index is -3.37. The maximum Gasteiger partial charge on any atom is 4.00 e. The van der Waals surface area contributed by atoms with Gasteiger partial charge in [-0.3, -0.25) is 0 Å². The van der Waals surface area contributed by atoms with Gasteiger partial charge >= 0.3 is 42.1 Å². The van der Waals surface area contributed by atoms with Gasteiger partial charge in [-0.05, 0) is 0 Å². The minimum Gasteiger partial charge on any atom is -0.598 e. The average molecular weight is 524 g/mol. The molecule has 0 aliphatic heterocycles. The van der Waals surface area contributed by atoms with Crippen LogP contribution in [-0.2, 0) is 60.4 Å². The van der Waals surface area contributed by atoms with Crippen LogP contribution in [0.25, 0.3) is 0 Å². The topological polar surface area (TPSA) is 253 Å². The quantitative estimate of drug-likeness (QED) is 0.212. The third-order valence-corrected chi connectivity index (χ3v) is 0. The summed E-state index contributed by atoms with van der Waals surface area (Å²) < 4.78 is 33.9. The fraction of sp³-hybridized carbons (Fsp3) is 1.00. The van der Waals surface area contributed by atoms with Gasteiger partial charge < -0.3 is 39.1 Å². The molecule has 0 radical (unpaired) electrons. The van der Waals surface area contributed by atoms with Crippen molar-refractivity contribution in [3.05, 3.63) is 0 Å². The zero-order chi connectivity index (χ0) is 14.3. The van der Waals surface area contributed by atoms with Crippen molar-refractivity contribution in [1.82, 2.24) is 0 Å². The maximum atomic E-state index is 8.48. The molecule has 0 saturated heterocycles. The summed E-state index contributed by atoms with van der Waals surface area (Å²) in [6.07, 6.45) is 0. The molecule has 19 heavy (non-hydrogen) atoms. The Morgan fingerprint density at radius 1 is 0.421 bits per heavy atom. The molecule has 0 atom stereocenters. The standard InChI is InChI=1S/CH4.2Mo.4HO3P/c;;;4*1-4(2)3/h1H4;;;4*(H,1,2,3)/q;2*+4;;;;/p-4. The van der Waals surface area contributed by atoms with Gasteiger partial charge in [0.25, 0.3) is 33.0 Å². The summed E-state index contributed by atoms with van der Waals surface area (Å²) in [5.41, 5.74) is 0. The van der Waals surface area contributed by atoms with Gasteiger partial charge in [0.05, 0.1) is 0 Å². The van der Waals surface area contributed by atoms with Gasteiger partial charge in [0, 0.05) is 0 Å². The predicted molar refractivity (Wildman–Crippen MR) is 37.2 cm³/mol. The molecule has 0 unspecified atom stereocenters. The maximum absolute atomic E-state index is 8.48. The van der Waals surface area contributed by atoms with Crippen LogP contribution < -0.4 is 39.1 Å². The first-order chi connectivity index (χ1) is 6.93. The number of hydrogen-bond acceptors (Lipinski definition) is 12. The zero-order valence-electron chi connectivity index (χ0n) is 7.50. The normalized spacial score (nSPS) is 5.47. The molecule has 0 aromatic heterocycles. The number of rotatable bonds is 0. The molecule has 0 spiro atoms. The van der Waals surface area contributed by atoms with E-state index in [1.54, 1.807) is 0 Å². The molecule has 0 amide bonds. The van der Waals surface area contributed by atoms with Gasteiger partial charge in [-0.15, -0.1) is 0 Å². The van der Waals surface area contributed by atoms with E-state index in [9.17, 15) is 0 Å². The van der Waals surface area contributed by atoms with E-state index in [0.717, 1.165) is 0 Å². The largest absolute Gasteiger partial charge is 4.00 e. The van der Waals surface area contributed by atoms with Crippen molar-refractivity contribution in [3.8, 4) is 0 Å². The molecule has 0 bridgehead atoms. The van der Waals surface area contributed by atoms with E-state index in [-0.39, 0.29) is 49.6 Å². The minimum absolute atomic E-state index is 0. The van der Waals surface area contributed by atoms with Gasteiger partial charge in [-0.2, -0.15) is 0 Å². The molecule has 0 rings (SSSR count). The van der Waals surface area contributed by atoms with Crippen LogP contribution in [0.5, 0.6) is 0 Å². The molecule has 0 aromatic carbocycles. The second-order valence-corrected chi connectivity index (χ2v) is 2.68. The van der Waals surface area contributed by atoms with Crippen LogP contribution in [0.3, 0.4) is 0 Å². The van der Waals surface area contributed by atoms with Gasteiger partial charge in [0.2, 0.25) is 0 Å². The molecule has 12 nitrogen and oxygen atoms in total. The Labute approximate surface area is 139 Å². The smallest absolute Gasteiger partial charge is 0.598 e. The van der Waals surface area contributed by atoms with Crippen LogP contribution >= 0.6 is 33.0 Å². The summed E-state index contributed by atoms with van der Waals surface area (Å²) in [5.74, 6) is 0. The third kappa shape index (κ3) is 2790. The van der Waals surface area contributed by atoms with Crippen molar-refractivity contribution in [3.63, 3.8) is 0 Å². The Bertz CT molecular complexity index is 168. The van der Waals surface area contributed by atoms with Crippen LogP contribution in [0.15, 0.2) is 0 Å². The van der Waals surface area contributed by atoms with Crippen molar-refractivity contribution in [2.45, 2.75) is 7.43 Å². The summed E-state index contributed by atoms with van der Waals surface area (Å²) >= 11 is 0. The fourth-order valence-corrected chi connectivity index (χ4v) is 0. The Hall–Kier alpha value is 1.46. The monoisotopic (exact) mass is 528 g/mol. The molecular formula is CH4Mo2O12P4+4. The van der Waals surface area contributed by atoms with Crippen molar-refractivity contribution < 1.29 is 99.5 Å². The van der Waals surface area contributed by atoms with Crippen LogP contribution in [0.2, 0.25) is 0 Å². The SMILES string of the molecule is C.O=[P+]([O-])[O-].O=[P+]([O-])[O-].O=[P+]([O-])[O-].O=[P+]([O-])[O-].[Mo+4].[Mo+4]. The molecule has 0 aliphatic rings. The first-order valence-electron chi connectivity index (χ1n) is 2.19. The molecule has 0 aliphatic carbocycles. The van der Waals surface area contributed by atoms with Crippen molar-refractivity contribution in [2.75, 3.05) is 0 Å².